The lowest BCUT2D eigenvalue weighted by atomic mass is 9.67. The highest BCUT2D eigenvalue weighted by molar-refractivity contribution is 6.88. The molecule has 1 aliphatic carbocycles. The largest absolute Gasteiger partial charge is 0.228 e. The van der Waals surface area contributed by atoms with E-state index in [1.807, 2.05) is 12.1 Å². The first-order chi connectivity index (χ1) is 28.9. The predicted molar refractivity (Wildman–Crippen MR) is 249 cm³/mol. The highest BCUT2D eigenvalue weighted by Gasteiger charge is 2.46. The van der Waals surface area contributed by atoms with Gasteiger partial charge in [-0.3, -0.25) is 0 Å². The molecule has 8 aromatic carbocycles. The molecule has 1 aromatic heterocycles. The zero-order valence-electron chi connectivity index (χ0n) is 33.6. The van der Waals surface area contributed by atoms with Crippen molar-refractivity contribution in [2.45, 2.75) is 25.1 Å². The third-order valence-electron chi connectivity index (χ3n) is 12.0. The molecule has 0 saturated carbocycles. The lowest BCUT2D eigenvalue weighted by Crippen LogP contribution is -2.37. The molecule has 282 valence electrons. The molecule has 0 spiro atoms. The predicted octanol–water partition coefficient (Wildman–Crippen LogP) is 13.7. The molecule has 0 aliphatic heterocycles. The number of fused-ring (bicyclic) bond motifs is 3. The molecule has 0 bridgehead atoms. The van der Waals surface area contributed by atoms with E-state index < -0.39 is 13.5 Å². The molecule has 0 amide bonds. The summed E-state index contributed by atoms with van der Waals surface area (Å²) < 4.78 is 0. The van der Waals surface area contributed by atoms with E-state index in [1.54, 1.807) is 0 Å². The van der Waals surface area contributed by atoms with E-state index in [4.69, 9.17) is 9.97 Å². The van der Waals surface area contributed by atoms with Crippen LogP contribution < -0.4 is 5.19 Å². The minimum Gasteiger partial charge on any atom is -0.228 e. The smallest absolute Gasteiger partial charge is 0.160 e. The summed E-state index contributed by atoms with van der Waals surface area (Å²) >= 11 is 0. The van der Waals surface area contributed by atoms with Crippen LogP contribution in [-0.2, 0) is 5.41 Å². The van der Waals surface area contributed by atoms with Gasteiger partial charge in [-0.15, -0.1) is 0 Å². The van der Waals surface area contributed by atoms with E-state index in [2.05, 4.69) is 220 Å². The fourth-order valence-corrected chi connectivity index (χ4v) is 10.1. The number of benzene rings is 8. The highest BCUT2D eigenvalue weighted by atomic mass is 28.3. The number of hydrogen-bond acceptors (Lipinski definition) is 2. The van der Waals surface area contributed by atoms with Crippen LogP contribution in [-0.4, -0.2) is 18.0 Å². The molecule has 2 nitrogen and oxygen atoms in total. The molecule has 0 atom stereocenters. The van der Waals surface area contributed by atoms with Crippen molar-refractivity contribution in [2.24, 2.45) is 0 Å². The zero-order valence-corrected chi connectivity index (χ0v) is 34.6. The van der Waals surface area contributed by atoms with Gasteiger partial charge in [-0.25, -0.2) is 9.97 Å². The minimum absolute atomic E-state index is 0.535. The Morgan fingerprint density at radius 2 is 0.746 bits per heavy atom. The van der Waals surface area contributed by atoms with Crippen molar-refractivity contribution in [3.8, 4) is 67.3 Å². The molecule has 0 N–H and O–H groups in total. The Morgan fingerprint density at radius 3 is 1.24 bits per heavy atom. The maximum absolute atomic E-state index is 5.16. The average Bonchev–Trinajstić information content (AvgIpc) is 3.59. The van der Waals surface area contributed by atoms with Gasteiger partial charge in [-0.05, 0) is 79.9 Å². The number of hydrogen-bond donors (Lipinski definition) is 0. The Bertz CT molecular complexity index is 2840. The molecule has 0 fully saturated rings. The van der Waals surface area contributed by atoms with Gasteiger partial charge in [0.15, 0.2) is 5.82 Å². The highest BCUT2D eigenvalue weighted by Crippen LogP contribution is 2.57. The normalized spacial score (nSPS) is 12.8. The summed E-state index contributed by atoms with van der Waals surface area (Å²) in [5.74, 6) is 0.703. The van der Waals surface area contributed by atoms with Crippen LogP contribution in [0.2, 0.25) is 19.6 Å². The van der Waals surface area contributed by atoms with Crippen molar-refractivity contribution in [2.75, 3.05) is 0 Å². The fraction of sp³-hybridized carbons (Fsp3) is 0.0714. The number of nitrogens with zero attached hydrogens (tertiary/aromatic N) is 2. The van der Waals surface area contributed by atoms with E-state index in [0.29, 0.717) is 5.82 Å². The SMILES string of the molecule is C[Si](C)(C)c1ccc(-c2ccc3c(c2)C(c2ccccc2)(c2ccccc2)c2cc(-c4cccc(-c5nc(-c6ccccc6)cc(-c6ccccc6)n5)c4)ccc2-3)cc1. The van der Waals surface area contributed by atoms with Crippen LogP contribution in [0.4, 0.5) is 0 Å². The molecular formula is C56H44N2Si. The van der Waals surface area contributed by atoms with E-state index in [-0.39, 0.29) is 0 Å². The van der Waals surface area contributed by atoms with Crippen molar-refractivity contribution >= 4 is 13.3 Å². The Morgan fingerprint density at radius 1 is 0.339 bits per heavy atom. The molecule has 0 saturated heterocycles. The van der Waals surface area contributed by atoms with Crippen LogP contribution in [0, 0.1) is 0 Å². The molecule has 59 heavy (non-hydrogen) atoms. The maximum Gasteiger partial charge on any atom is 0.160 e. The van der Waals surface area contributed by atoms with Crippen molar-refractivity contribution < 1.29 is 0 Å². The Labute approximate surface area is 348 Å². The summed E-state index contributed by atoms with van der Waals surface area (Å²) in [7, 11) is -1.43. The summed E-state index contributed by atoms with van der Waals surface area (Å²) in [5.41, 5.74) is 16.7. The standard InChI is InChI=1S/C56H44N2Si/c1-59(2,3)48-31-27-39(28-32-48)43-29-33-49-50-34-30-44(37-52(50)56(51(49)36-43,46-23-12-6-13-24-46)47-25-14-7-15-26-47)42-21-16-22-45(35-42)55-57-53(40-17-8-4-9-18-40)38-54(58-55)41-19-10-5-11-20-41/h4-38H,1-3H3. The molecule has 0 radical (unpaired) electrons. The van der Waals surface area contributed by atoms with Crippen LogP contribution in [0.15, 0.2) is 212 Å². The average molecular weight is 773 g/mol. The molecule has 10 rings (SSSR count). The monoisotopic (exact) mass is 772 g/mol. The summed E-state index contributed by atoms with van der Waals surface area (Å²) in [6, 6.07) is 77.2. The van der Waals surface area contributed by atoms with Crippen molar-refractivity contribution in [1.82, 2.24) is 9.97 Å². The van der Waals surface area contributed by atoms with Gasteiger partial charge < -0.3 is 0 Å². The Balaban J connectivity index is 1.14. The van der Waals surface area contributed by atoms with Gasteiger partial charge in [0.25, 0.3) is 0 Å². The summed E-state index contributed by atoms with van der Waals surface area (Å²) in [5, 5.41) is 1.47. The van der Waals surface area contributed by atoms with Gasteiger partial charge in [0, 0.05) is 16.7 Å². The second-order valence-electron chi connectivity index (χ2n) is 16.6. The van der Waals surface area contributed by atoms with E-state index >= 15 is 0 Å². The Kier molecular flexibility index (Phi) is 9.11. The van der Waals surface area contributed by atoms with E-state index in [0.717, 1.165) is 39.2 Å². The van der Waals surface area contributed by atoms with Gasteiger partial charge in [0.05, 0.1) is 24.9 Å². The Hall–Kier alpha value is -6.94. The summed E-state index contributed by atoms with van der Waals surface area (Å²) in [6.07, 6.45) is 0. The van der Waals surface area contributed by atoms with Gasteiger partial charge in [-0.2, -0.15) is 0 Å². The quantitative estimate of drug-likeness (QED) is 0.144. The van der Waals surface area contributed by atoms with E-state index in [1.165, 1.54) is 49.7 Å². The summed E-state index contributed by atoms with van der Waals surface area (Å²) in [6.45, 7) is 7.23. The van der Waals surface area contributed by atoms with Crippen molar-refractivity contribution in [1.29, 1.82) is 0 Å². The third-order valence-corrected chi connectivity index (χ3v) is 14.0. The van der Waals surface area contributed by atoms with Gasteiger partial charge in [0.1, 0.15) is 0 Å². The molecule has 0 unspecified atom stereocenters. The van der Waals surface area contributed by atoms with Crippen molar-refractivity contribution in [3.63, 3.8) is 0 Å². The lowest BCUT2D eigenvalue weighted by Gasteiger charge is -2.34. The second-order valence-corrected chi connectivity index (χ2v) is 21.7. The van der Waals surface area contributed by atoms with Crippen molar-refractivity contribution in [3.05, 3.63) is 235 Å². The first-order valence-electron chi connectivity index (χ1n) is 20.5. The fourth-order valence-electron chi connectivity index (χ4n) is 8.94. The molecular weight excluding hydrogens is 729 g/mol. The van der Waals surface area contributed by atoms with Crippen LogP contribution in [0.1, 0.15) is 22.3 Å². The minimum atomic E-state index is -1.43. The molecule has 1 aliphatic rings. The third kappa shape index (κ3) is 6.54. The van der Waals surface area contributed by atoms with Crippen LogP contribution in [0.3, 0.4) is 0 Å². The first kappa shape index (κ1) is 36.4. The topological polar surface area (TPSA) is 25.8 Å². The van der Waals surface area contributed by atoms with Crippen LogP contribution in [0.25, 0.3) is 67.3 Å². The van der Waals surface area contributed by atoms with Gasteiger partial charge in [-0.1, -0.05) is 213 Å². The second kappa shape index (κ2) is 14.8. The van der Waals surface area contributed by atoms with Crippen LogP contribution >= 0.6 is 0 Å². The first-order valence-corrected chi connectivity index (χ1v) is 24.0. The molecule has 1 heterocycles. The number of aromatic nitrogens is 2. The molecule has 9 aromatic rings. The maximum atomic E-state index is 5.16. The zero-order chi connectivity index (χ0) is 40.0. The number of rotatable bonds is 8. The van der Waals surface area contributed by atoms with Gasteiger partial charge in [0.2, 0.25) is 0 Å². The summed E-state index contributed by atoms with van der Waals surface area (Å²) in [4.78, 5) is 10.3. The lowest BCUT2D eigenvalue weighted by molar-refractivity contribution is 0.769. The van der Waals surface area contributed by atoms with E-state index in [9.17, 15) is 0 Å². The van der Waals surface area contributed by atoms with Gasteiger partial charge >= 0.3 is 0 Å². The molecule has 3 heteroatoms. The van der Waals surface area contributed by atoms with Crippen LogP contribution in [0.5, 0.6) is 0 Å².